The Morgan fingerprint density at radius 3 is 2.25 bits per heavy atom. The predicted octanol–water partition coefficient (Wildman–Crippen LogP) is 0.280. The number of nitrogens with zero attached hydrogens (tertiary/aromatic N) is 2. The summed E-state index contributed by atoms with van der Waals surface area (Å²) in [5.41, 5.74) is 6.27. The average molecular weight is 225 g/mol. The summed E-state index contributed by atoms with van der Waals surface area (Å²) < 4.78 is 0. The normalized spacial score (nSPS) is 25.2. The number of amides is 1. The van der Waals surface area contributed by atoms with E-state index in [9.17, 15) is 4.79 Å². The van der Waals surface area contributed by atoms with E-state index in [4.69, 9.17) is 5.73 Å². The summed E-state index contributed by atoms with van der Waals surface area (Å²) in [4.78, 5) is 15.6. The molecule has 0 aromatic rings. The van der Waals surface area contributed by atoms with Crippen LogP contribution in [0.4, 0.5) is 0 Å². The van der Waals surface area contributed by atoms with Crippen molar-refractivity contribution in [2.75, 3.05) is 39.3 Å². The van der Waals surface area contributed by atoms with Gasteiger partial charge in [0.25, 0.3) is 0 Å². The van der Waals surface area contributed by atoms with Gasteiger partial charge in [0, 0.05) is 39.6 Å². The topological polar surface area (TPSA) is 49.6 Å². The van der Waals surface area contributed by atoms with Crippen LogP contribution in [0.3, 0.4) is 0 Å². The Kier molecular flexibility index (Phi) is 3.50. The Bertz CT molecular complexity index is 249. The van der Waals surface area contributed by atoms with Gasteiger partial charge in [-0.1, -0.05) is 6.42 Å². The maximum Gasteiger partial charge on any atom is 0.219 e. The van der Waals surface area contributed by atoms with Crippen molar-refractivity contribution in [1.29, 1.82) is 0 Å². The largest absolute Gasteiger partial charge is 0.340 e. The molecule has 1 amide bonds. The third kappa shape index (κ3) is 2.38. The molecule has 4 nitrogen and oxygen atoms in total. The lowest BCUT2D eigenvalue weighted by molar-refractivity contribution is -0.130. The second-order valence-corrected chi connectivity index (χ2v) is 5.34. The van der Waals surface area contributed by atoms with Crippen molar-refractivity contribution in [2.24, 2.45) is 11.1 Å². The molecule has 2 fully saturated rings. The Morgan fingerprint density at radius 1 is 1.25 bits per heavy atom. The second kappa shape index (κ2) is 4.72. The maximum absolute atomic E-state index is 11.2. The van der Waals surface area contributed by atoms with E-state index < -0.39 is 0 Å². The second-order valence-electron chi connectivity index (χ2n) is 5.34. The van der Waals surface area contributed by atoms with E-state index in [-0.39, 0.29) is 5.91 Å². The zero-order valence-corrected chi connectivity index (χ0v) is 10.2. The summed E-state index contributed by atoms with van der Waals surface area (Å²) in [6.07, 6.45) is 3.91. The Morgan fingerprint density at radius 2 is 1.88 bits per heavy atom. The molecule has 16 heavy (non-hydrogen) atoms. The molecule has 1 aliphatic heterocycles. The summed E-state index contributed by atoms with van der Waals surface area (Å²) in [5.74, 6) is 0.205. The highest BCUT2D eigenvalue weighted by Crippen LogP contribution is 2.40. The molecule has 0 aromatic heterocycles. The quantitative estimate of drug-likeness (QED) is 0.750. The van der Waals surface area contributed by atoms with Gasteiger partial charge in [-0.2, -0.15) is 0 Å². The highest BCUT2D eigenvalue weighted by Gasteiger charge is 2.37. The van der Waals surface area contributed by atoms with Crippen LogP contribution < -0.4 is 5.73 Å². The molecule has 92 valence electrons. The first-order chi connectivity index (χ1) is 7.65. The van der Waals surface area contributed by atoms with E-state index in [1.54, 1.807) is 6.92 Å². The lowest BCUT2D eigenvalue weighted by Gasteiger charge is -2.46. The summed E-state index contributed by atoms with van der Waals surface area (Å²) in [7, 11) is 0. The fraction of sp³-hybridized carbons (Fsp3) is 0.917. The van der Waals surface area contributed by atoms with Crippen LogP contribution in [0.2, 0.25) is 0 Å². The maximum atomic E-state index is 11.2. The van der Waals surface area contributed by atoms with Gasteiger partial charge in [0.05, 0.1) is 0 Å². The molecule has 0 bridgehead atoms. The van der Waals surface area contributed by atoms with E-state index >= 15 is 0 Å². The van der Waals surface area contributed by atoms with Crippen molar-refractivity contribution in [3.05, 3.63) is 0 Å². The van der Waals surface area contributed by atoms with Crippen LogP contribution in [0.5, 0.6) is 0 Å². The third-order valence-corrected chi connectivity index (χ3v) is 4.22. The van der Waals surface area contributed by atoms with Crippen LogP contribution in [0, 0.1) is 5.41 Å². The van der Waals surface area contributed by atoms with Crippen molar-refractivity contribution in [1.82, 2.24) is 9.80 Å². The fourth-order valence-corrected chi connectivity index (χ4v) is 2.80. The number of hydrogen-bond donors (Lipinski definition) is 1. The Balaban J connectivity index is 1.79. The van der Waals surface area contributed by atoms with Crippen LogP contribution in [-0.2, 0) is 4.79 Å². The predicted molar refractivity (Wildman–Crippen MR) is 64.0 cm³/mol. The van der Waals surface area contributed by atoms with Gasteiger partial charge in [-0.15, -0.1) is 0 Å². The molecular weight excluding hydrogens is 202 g/mol. The number of hydrogen-bond acceptors (Lipinski definition) is 3. The third-order valence-electron chi connectivity index (χ3n) is 4.22. The minimum Gasteiger partial charge on any atom is -0.340 e. The number of carbonyl (C=O) groups is 1. The lowest BCUT2D eigenvalue weighted by atomic mass is 9.68. The van der Waals surface area contributed by atoms with Gasteiger partial charge in [0.1, 0.15) is 0 Å². The number of nitrogens with two attached hydrogens (primary N) is 1. The number of rotatable bonds is 3. The van der Waals surface area contributed by atoms with Crippen LogP contribution in [-0.4, -0.2) is 55.0 Å². The first-order valence-electron chi connectivity index (χ1n) is 6.33. The highest BCUT2D eigenvalue weighted by atomic mass is 16.2. The molecule has 0 atom stereocenters. The van der Waals surface area contributed by atoms with E-state index in [1.165, 1.54) is 19.3 Å². The average Bonchev–Trinajstić information content (AvgIpc) is 2.24. The minimum atomic E-state index is 0.205. The highest BCUT2D eigenvalue weighted by molar-refractivity contribution is 5.73. The Hall–Kier alpha value is -0.610. The standard InChI is InChI=1S/C12H23N3O/c1-11(16)15-7-5-14(6-8-15)10-12(9-13)3-2-4-12/h2-10,13H2,1H3. The van der Waals surface area contributed by atoms with Crippen molar-refractivity contribution in [2.45, 2.75) is 26.2 Å². The molecular formula is C12H23N3O. The van der Waals surface area contributed by atoms with Gasteiger partial charge < -0.3 is 10.6 Å². The molecule has 1 saturated carbocycles. The first-order valence-corrected chi connectivity index (χ1v) is 6.33. The van der Waals surface area contributed by atoms with E-state index in [0.717, 1.165) is 39.3 Å². The van der Waals surface area contributed by atoms with Crippen molar-refractivity contribution < 1.29 is 4.79 Å². The van der Waals surface area contributed by atoms with Gasteiger partial charge in [0.2, 0.25) is 5.91 Å². The molecule has 1 heterocycles. The summed E-state index contributed by atoms with van der Waals surface area (Å²) in [5, 5.41) is 0. The van der Waals surface area contributed by atoms with Crippen LogP contribution >= 0.6 is 0 Å². The molecule has 4 heteroatoms. The van der Waals surface area contributed by atoms with E-state index in [2.05, 4.69) is 4.90 Å². The van der Waals surface area contributed by atoms with Gasteiger partial charge >= 0.3 is 0 Å². The molecule has 2 rings (SSSR count). The SMILES string of the molecule is CC(=O)N1CCN(CC2(CN)CCC2)CC1. The van der Waals surface area contributed by atoms with Crippen LogP contribution in [0.1, 0.15) is 26.2 Å². The van der Waals surface area contributed by atoms with E-state index in [0.29, 0.717) is 5.41 Å². The molecule has 0 radical (unpaired) electrons. The zero-order valence-electron chi connectivity index (χ0n) is 10.2. The monoisotopic (exact) mass is 225 g/mol. The van der Waals surface area contributed by atoms with Gasteiger partial charge in [-0.3, -0.25) is 9.69 Å². The number of piperazine rings is 1. The zero-order chi connectivity index (χ0) is 11.6. The molecule has 2 N–H and O–H groups in total. The van der Waals surface area contributed by atoms with E-state index in [1.807, 2.05) is 4.90 Å². The molecule has 0 spiro atoms. The molecule has 0 aromatic carbocycles. The van der Waals surface area contributed by atoms with Gasteiger partial charge in [-0.25, -0.2) is 0 Å². The first kappa shape index (κ1) is 11.9. The smallest absolute Gasteiger partial charge is 0.219 e. The fourth-order valence-electron chi connectivity index (χ4n) is 2.80. The lowest BCUT2D eigenvalue weighted by Crippen LogP contribution is -2.54. The molecule has 1 saturated heterocycles. The molecule has 1 aliphatic carbocycles. The summed E-state index contributed by atoms with van der Waals surface area (Å²) >= 11 is 0. The van der Waals surface area contributed by atoms with Crippen molar-refractivity contribution in [3.63, 3.8) is 0 Å². The van der Waals surface area contributed by atoms with Crippen molar-refractivity contribution in [3.8, 4) is 0 Å². The van der Waals surface area contributed by atoms with Crippen LogP contribution in [0.15, 0.2) is 0 Å². The Labute approximate surface area is 97.8 Å². The summed E-state index contributed by atoms with van der Waals surface area (Å²) in [6.45, 7) is 7.41. The number of carbonyl (C=O) groups excluding carboxylic acids is 1. The molecule has 0 unspecified atom stereocenters. The van der Waals surface area contributed by atoms with Gasteiger partial charge in [0.15, 0.2) is 0 Å². The summed E-state index contributed by atoms with van der Waals surface area (Å²) in [6, 6.07) is 0. The minimum absolute atomic E-state index is 0.205. The van der Waals surface area contributed by atoms with Crippen LogP contribution in [0.25, 0.3) is 0 Å². The van der Waals surface area contributed by atoms with Gasteiger partial charge in [-0.05, 0) is 24.8 Å². The molecule has 2 aliphatic rings. The van der Waals surface area contributed by atoms with Crippen molar-refractivity contribution >= 4 is 5.91 Å².